The number of benzene rings is 2. The van der Waals surface area contributed by atoms with Crippen LogP contribution in [0, 0.1) is 0 Å². The molecule has 2 aromatic carbocycles. The van der Waals surface area contributed by atoms with Crippen molar-refractivity contribution in [3.63, 3.8) is 0 Å². The van der Waals surface area contributed by atoms with Crippen LogP contribution in [0.25, 0.3) is 0 Å². The number of ether oxygens (including phenoxy) is 2. The maximum atomic E-state index is 12.7. The van der Waals surface area contributed by atoms with Gasteiger partial charge in [-0.1, -0.05) is 11.6 Å². The van der Waals surface area contributed by atoms with Crippen molar-refractivity contribution < 1.29 is 17.9 Å². The van der Waals surface area contributed by atoms with Gasteiger partial charge in [0.05, 0.1) is 24.8 Å². The van der Waals surface area contributed by atoms with E-state index in [0.29, 0.717) is 22.2 Å². The van der Waals surface area contributed by atoms with Gasteiger partial charge in [-0.25, -0.2) is 8.42 Å². The first kappa shape index (κ1) is 16.5. The summed E-state index contributed by atoms with van der Waals surface area (Å²) in [4.78, 5) is 0.151. The summed E-state index contributed by atoms with van der Waals surface area (Å²) in [5, 5.41) is 0.424. The highest BCUT2D eigenvalue weighted by atomic mass is 35.5. The lowest BCUT2D eigenvalue weighted by atomic mass is 10.3. The molecule has 0 saturated heterocycles. The SMILES string of the molecule is COc1ccc(S(=O)(=O)N(C)c2cc(Cl)ccc2OC)cc1. The van der Waals surface area contributed by atoms with E-state index in [2.05, 4.69) is 0 Å². The molecule has 0 aliphatic rings. The first-order valence-corrected chi connectivity index (χ1v) is 8.18. The van der Waals surface area contributed by atoms with Crippen molar-refractivity contribution in [1.29, 1.82) is 0 Å². The van der Waals surface area contributed by atoms with E-state index < -0.39 is 10.0 Å². The maximum absolute atomic E-state index is 12.7. The first-order chi connectivity index (χ1) is 10.4. The Hall–Kier alpha value is -1.92. The Labute approximate surface area is 135 Å². The summed E-state index contributed by atoms with van der Waals surface area (Å²) in [6.45, 7) is 0. The highest BCUT2D eigenvalue weighted by molar-refractivity contribution is 7.92. The van der Waals surface area contributed by atoms with Crippen LogP contribution in [0.2, 0.25) is 5.02 Å². The van der Waals surface area contributed by atoms with Crippen molar-refractivity contribution in [2.45, 2.75) is 4.90 Å². The predicted octanol–water partition coefficient (Wildman–Crippen LogP) is 3.18. The summed E-state index contributed by atoms with van der Waals surface area (Å²) < 4.78 is 36.8. The zero-order valence-corrected chi connectivity index (χ0v) is 14.0. The van der Waals surface area contributed by atoms with Crippen molar-refractivity contribution in [3.05, 3.63) is 47.5 Å². The largest absolute Gasteiger partial charge is 0.497 e. The third kappa shape index (κ3) is 3.13. The fourth-order valence-corrected chi connectivity index (χ4v) is 3.31. The van der Waals surface area contributed by atoms with Crippen LogP contribution in [-0.2, 0) is 10.0 Å². The quantitative estimate of drug-likeness (QED) is 0.838. The number of hydrogen-bond donors (Lipinski definition) is 0. The van der Waals surface area contributed by atoms with Gasteiger partial charge in [-0.05, 0) is 42.5 Å². The van der Waals surface area contributed by atoms with Crippen LogP contribution >= 0.6 is 11.6 Å². The minimum Gasteiger partial charge on any atom is -0.497 e. The molecule has 22 heavy (non-hydrogen) atoms. The van der Waals surface area contributed by atoms with Crippen LogP contribution in [0.5, 0.6) is 11.5 Å². The van der Waals surface area contributed by atoms with Gasteiger partial charge in [0, 0.05) is 12.1 Å². The van der Waals surface area contributed by atoms with Crippen LogP contribution in [0.3, 0.4) is 0 Å². The number of nitrogens with zero attached hydrogens (tertiary/aromatic N) is 1. The summed E-state index contributed by atoms with van der Waals surface area (Å²) in [5.74, 6) is 1.01. The fourth-order valence-electron chi connectivity index (χ4n) is 1.94. The van der Waals surface area contributed by atoms with Gasteiger partial charge in [-0.3, -0.25) is 4.31 Å². The molecule has 0 aliphatic heterocycles. The van der Waals surface area contributed by atoms with Gasteiger partial charge in [0.1, 0.15) is 11.5 Å². The number of methoxy groups -OCH3 is 2. The van der Waals surface area contributed by atoms with E-state index in [0.717, 1.165) is 4.31 Å². The molecular weight excluding hydrogens is 326 g/mol. The van der Waals surface area contributed by atoms with E-state index in [1.54, 1.807) is 30.3 Å². The zero-order chi connectivity index (χ0) is 16.3. The number of halogens is 1. The fraction of sp³-hybridized carbons (Fsp3) is 0.200. The van der Waals surface area contributed by atoms with Crippen molar-refractivity contribution in [1.82, 2.24) is 0 Å². The monoisotopic (exact) mass is 341 g/mol. The van der Waals surface area contributed by atoms with Gasteiger partial charge in [-0.2, -0.15) is 0 Å². The maximum Gasteiger partial charge on any atom is 0.264 e. The predicted molar refractivity (Wildman–Crippen MR) is 86.6 cm³/mol. The van der Waals surface area contributed by atoms with Gasteiger partial charge < -0.3 is 9.47 Å². The Bertz CT molecular complexity index is 760. The first-order valence-electron chi connectivity index (χ1n) is 6.36. The second-order valence-electron chi connectivity index (χ2n) is 4.46. The molecule has 0 bridgehead atoms. The van der Waals surface area contributed by atoms with Crippen LogP contribution < -0.4 is 13.8 Å². The Morgan fingerprint density at radius 1 is 1.00 bits per heavy atom. The molecule has 0 atom stereocenters. The molecule has 2 rings (SSSR count). The summed E-state index contributed by atoms with van der Waals surface area (Å²) in [6, 6.07) is 11.0. The summed E-state index contributed by atoms with van der Waals surface area (Å²) in [5.41, 5.74) is 0.366. The van der Waals surface area contributed by atoms with Crippen molar-refractivity contribution in [2.75, 3.05) is 25.6 Å². The van der Waals surface area contributed by atoms with E-state index in [1.807, 2.05) is 0 Å². The van der Waals surface area contributed by atoms with E-state index in [9.17, 15) is 8.42 Å². The Morgan fingerprint density at radius 2 is 1.64 bits per heavy atom. The van der Waals surface area contributed by atoms with E-state index >= 15 is 0 Å². The van der Waals surface area contributed by atoms with Crippen LogP contribution in [0.4, 0.5) is 5.69 Å². The average Bonchev–Trinajstić information content (AvgIpc) is 2.54. The molecule has 2 aromatic rings. The molecule has 5 nitrogen and oxygen atoms in total. The van der Waals surface area contributed by atoms with Gasteiger partial charge in [-0.15, -0.1) is 0 Å². The molecule has 118 valence electrons. The molecular formula is C15H16ClNO4S. The molecule has 0 aliphatic carbocycles. The summed E-state index contributed by atoms with van der Waals surface area (Å²) >= 11 is 5.96. The average molecular weight is 342 g/mol. The second-order valence-corrected chi connectivity index (χ2v) is 6.87. The zero-order valence-electron chi connectivity index (χ0n) is 12.4. The van der Waals surface area contributed by atoms with Gasteiger partial charge in [0.25, 0.3) is 10.0 Å². The van der Waals surface area contributed by atoms with E-state index in [1.165, 1.54) is 33.4 Å². The van der Waals surface area contributed by atoms with Gasteiger partial charge in [0.15, 0.2) is 0 Å². The molecule has 0 fully saturated rings. The van der Waals surface area contributed by atoms with E-state index in [-0.39, 0.29) is 4.90 Å². The molecule has 0 heterocycles. The lowest BCUT2D eigenvalue weighted by molar-refractivity contribution is 0.414. The lowest BCUT2D eigenvalue weighted by Crippen LogP contribution is -2.27. The van der Waals surface area contributed by atoms with E-state index in [4.69, 9.17) is 21.1 Å². The molecule has 0 amide bonds. The van der Waals surface area contributed by atoms with Crippen LogP contribution in [0.1, 0.15) is 0 Å². The smallest absolute Gasteiger partial charge is 0.264 e. The van der Waals surface area contributed by atoms with Crippen molar-refractivity contribution in [2.24, 2.45) is 0 Å². The normalized spacial score (nSPS) is 11.1. The molecule has 7 heteroatoms. The summed E-state index contributed by atoms with van der Waals surface area (Å²) in [7, 11) is 0.718. The van der Waals surface area contributed by atoms with Gasteiger partial charge >= 0.3 is 0 Å². The molecule has 0 aromatic heterocycles. The highest BCUT2D eigenvalue weighted by Crippen LogP contribution is 2.33. The lowest BCUT2D eigenvalue weighted by Gasteiger charge is -2.22. The van der Waals surface area contributed by atoms with Gasteiger partial charge in [0.2, 0.25) is 0 Å². The Balaban J connectivity index is 2.46. The highest BCUT2D eigenvalue weighted by Gasteiger charge is 2.24. The molecule has 0 N–H and O–H groups in total. The van der Waals surface area contributed by atoms with Crippen molar-refractivity contribution >= 4 is 27.3 Å². The minimum absolute atomic E-state index is 0.151. The number of sulfonamides is 1. The third-order valence-corrected chi connectivity index (χ3v) is 5.22. The molecule has 0 unspecified atom stereocenters. The third-order valence-electron chi connectivity index (χ3n) is 3.20. The van der Waals surface area contributed by atoms with Crippen molar-refractivity contribution in [3.8, 4) is 11.5 Å². The van der Waals surface area contributed by atoms with Crippen LogP contribution in [-0.4, -0.2) is 29.7 Å². The number of rotatable bonds is 5. The topological polar surface area (TPSA) is 55.8 Å². The van der Waals surface area contributed by atoms with Crippen LogP contribution in [0.15, 0.2) is 47.4 Å². The standard InChI is InChI=1S/C15H16ClNO4S/c1-17(14-10-11(16)4-9-15(14)21-3)22(18,19)13-7-5-12(20-2)6-8-13/h4-10H,1-3H3. The summed E-state index contributed by atoms with van der Waals surface area (Å²) in [6.07, 6.45) is 0. The second kappa shape index (κ2) is 6.46. The molecule has 0 spiro atoms. The molecule has 0 radical (unpaired) electrons. The Morgan fingerprint density at radius 3 is 2.18 bits per heavy atom. The minimum atomic E-state index is -3.73. The Kier molecular flexibility index (Phi) is 4.83. The number of anilines is 1. The molecule has 0 saturated carbocycles. The number of hydrogen-bond acceptors (Lipinski definition) is 4.